The largest absolute Gasteiger partial charge is 0.445 e. The van der Waals surface area contributed by atoms with Crippen molar-refractivity contribution in [1.82, 2.24) is 19.3 Å². The van der Waals surface area contributed by atoms with Crippen LogP contribution in [-0.2, 0) is 6.42 Å². The number of aromatic nitrogens is 4. The number of nitrogens with zero attached hydrogens (tertiary/aromatic N) is 4. The Morgan fingerprint density at radius 1 is 1.16 bits per heavy atom. The molecule has 1 aliphatic rings. The number of aryl methyl sites for hydroxylation is 2. The molecule has 0 fully saturated rings. The van der Waals surface area contributed by atoms with Crippen molar-refractivity contribution in [2.45, 2.75) is 25.8 Å². The van der Waals surface area contributed by atoms with Gasteiger partial charge in [0.1, 0.15) is 11.6 Å². The predicted molar refractivity (Wildman–Crippen MR) is 116 cm³/mol. The van der Waals surface area contributed by atoms with E-state index in [0.29, 0.717) is 22.2 Å². The molecule has 5 rings (SSSR count). The molecular formula is C22H19N5O3S. The van der Waals surface area contributed by atoms with Gasteiger partial charge in [-0.05, 0) is 43.2 Å². The van der Waals surface area contributed by atoms with E-state index in [1.165, 1.54) is 4.68 Å². The first kappa shape index (κ1) is 19.3. The molecule has 1 atom stereocenters. The van der Waals surface area contributed by atoms with Crippen molar-refractivity contribution in [2.75, 3.05) is 0 Å². The summed E-state index contributed by atoms with van der Waals surface area (Å²) in [5.41, 5.74) is 7.49. The second kappa shape index (κ2) is 7.51. The highest BCUT2D eigenvalue weighted by Crippen LogP contribution is 2.32. The van der Waals surface area contributed by atoms with Gasteiger partial charge in [-0.3, -0.25) is 9.36 Å². The Balaban J connectivity index is 1.41. The highest BCUT2D eigenvalue weighted by atomic mass is 32.1. The lowest BCUT2D eigenvalue weighted by Gasteiger charge is -2.12. The van der Waals surface area contributed by atoms with Gasteiger partial charge in [0.2, 0.25) is 5.06 Å². The summed E-state index contributed by atoms with van der Waals surface area (Å²) < 4.78 is 9.04. The minimum absolute atomic E-state index is 0.00816. The molecule has 2 N–H and O–H groups in total. The Kier molecular flexibility index (Phi) is 4.67. The number of primary amides is 1. The normalized spacial score (nSPS) is 15.1. The van der Waals surface area contributed by atoms with E-state index in [2.05, 4.69) is 10.1 Å². The molecule has 2 aromatic carbocycles. The lowest BCUT2D eigenvalue weighted by Crippen LogP contribution is -2.26. The summed E-state index contributed by atoms with van der Waals surface area (Å²) in [7, 11) is 0. The highest BCUT2D eigenvalue weighted by molar-refractivity contribution is 7.15. The molecule has 0 bridgehead atoms. The van der Waals surface area contributed by atoms with Gasteiger partial charge >= 0.3 is 5.69 Å². The second-order valence-electron chi connectivity index (χ2n) is 7.30. The molecule has 0 saturated carbocycles. The number of hydrogen-bond donors (Lipinski definition) is 1. The summed E-state index contributed by atoms with van der Waals surface area (Å²) in [6.07, 6.45) is 1.63. The van der Waals surface area contributed by atoms with Gasteiger partial charge in [-0.15, -0.1) is 5.10 Å². The fourth-order valence-electron chi connectivity index (χ4n) is 3.80. The zero-order valence-electron chi connectivity index (χ0n) is 16.7. The smallest absolute Gasteiger partial charge is 0.351 e. The van der Waals surface area contributed by atoms with Gasteiger partial charge in [-0.2, -0.15) is 4.68 Å². The number of benzene rings is 2. The third-order valence-corrected chi connectivity index (χ3v) is 6.32. The van der Waals surface area contributed by atoms with Crippen LogP contribution in [-0.4, -0.2) is 25.2 Å². The lowest BCUT2D eigenvalue weighted by atomic mass is 10.1. The van der Waals surface area contributed by atoms with E-state index in [4.69, 9.17) is 10.5 Å². The Labute approximate surface area is 181 Å². The standard InChI is InChI=1S/C22H19N5O3S/c1-13-21(31-20(24-13)19(23)28)30-16-9-7-15(8-10-16)27-22(29)26-17(11-12-18(26)25-27)14-5-3-2-4-6-14/h2-10,17H,11-12H2,1H3,(H2,23,28)/t17-/m0/s1. The van der Waals surface area contributed by atoms with Crippen molar-refractivity contribution < 1.29 is 9.53 Å². The monoisotopic (exact) mass is 433 g/mol. The average molecular weight is 433 g/mol. The van der Waals surface area contributed by atoms with E-state index >= 15 is 0 Å². The lowest BCUT2D eigenvalue weighted by molar-refractivity contribution is 0.1000. The molecule has 0 saturated heterocycles. The van der Waals surface area contributed by atoms with Crippen LogP contribution in [0.5, 0.6) is 10.8 Å². The van der Waals surface area contributed by atoms with E-state index in [1.54, 1.807) is 35.8 Å². The summed E-state index contributed by atoms with van der Waals surface area (Å²) in [5.74, 6) is 0.770. The molecule has 31 heavy (non-hydrogen) atoms. The van der Waals surface area contributed by atoms with Crippen molar-refractivity contribution >= 4 is 17.2 Å². The molecule has 0 unspecified atom stereocenters. The predicted octanol–water partition coefficient (Wildman–Crippen LogP) is 3.23. The van der Waals surface area contributed by atoms with E-state index in [-0.39, 0.29) is 16.7 Å². The van der Waals surface area contributed by atoms with E-state index < -0.39 is 5.91 Å². The Bertz CT molecular complexity index is 1320. The molecule has 4 aromatic rings. The number of carbonyl (C=O) groups excluding carboxylic acids is 1. The first-order valence-electron chi connectivity index (χ1n) is 9.82. The van der Waals surface area contributed by atoms with Crippen LogP contribution in [0.1, 0.15) is 39.3 Å². The van der Waals surface area contributed by atoms with Gasteiger partial charge in [-0.1, -0.05) is 41.7 Å². The summed E-state index contributed by atoms with van der Waals surface area (Å²) in [6.45, 7) is 1.75. The highest BCUT2D eigenvalue weighted by Gasteiger charge is 2.29. The van der Waals surface area contributed by atoms with Crippen molar-refractivity contribution in [3.05, 3.63) is 87.2 Å². The van der Waals surface area contributed by atoms with E-state index in [1.807, 2.05) is 30.3 Å². The number of nitrogens with two attached hydrogens (primary N) is 1. The topological polar surface area (TPSA) is 105 Å². The number of thiazole rings is 1. The number of amides is 1. The minimum Gasteiger partial charge on any atom is -0.445 e. The van der Waals surface area contributed by atoms with Crippen LogP contribution in [0.15, 0.2) is 59.4 Å². The van der Waals surface area contributed by atoms with Gasteiger partial charge < -0.3 is 10.5 Å². The zero-order chi connectivity index (χ0) is 21.5. The fraction of sp³-hybridized carbons (Fsp3) is 0.182. The Hall–Kier alpha value is -3.72. The molecule has 8 nitrogen and oxygen atoms in total. The van der Waals surface area contributed by atoms with Gasteiger partial charge in [0, 0.05) is 6.42 Å². The molecule has 1 amide bonds. The quantitative estimate of drug-likeness (QED) is 0.520. The third kappa shape index (κ3) is 3.42. The first-order chi connectivity index (χ1) is 15.0. The third-order valence-electron chi connectivity index (χ3n) is 5.27. The minimum atomic E-state index is -0.584. The van der Waals surface area contributed by atoms with Gasteiger partial charge in [0.05, 0.1) is 17.4 Å². The van der Waals surface area contributed by atoms with Crippen molar-refractivity contribution in [2.24, 2.45) is 5.73 Å². The van der Waals surface area contributed by atoms with Crippen LogP contribution in [0.4, 0.5) is 0 Å². The Morgan fingerprint density at radius 2 is 1.90 bits per heavy atom. The van der Waals surface area contributed by atoms with Crippen LogP contribution in [0.2, 0.25) is 0 Å². The number of fused-ring (bicyclic) bond motifs is 1. The summed E-state index contributed by atoms with van der Waals surface area (Å²) >= 11 is 1.10. The summed E-state index contributed by atoms with van der Waals surface area (Å²) in [5, 5.41) is 5.26. The SMILES string of the molecule is Cc1nc(C(N)=O)sc1Oc1ccc(-n2nc3n(c2=O)[C@H](c2ccccc2)CC3)cc1. The van der Waals surface area contributed by atoms with Gasteiger partial charge in [0.15, 0.2) is 5.01 Å². The molecule has 0 radical (unpaired) electrons. The fourth-order valence-corrected chi connectivity index (χ4v) is 4.59. The van der Waals surface area contributed by atoms with Crippen LogP contribution >= 0.6 is 11.3 Å². The number of rotatable bonds is 5. The van der Waals surface area contributed by atoms with E-state index in [9.17, 15) is 9.59 Å². The summed E-state index contributed by atoms with van der Waals surface area (Å²) in [6, 6.07) is 17.1. The Morgan fingerprint density at radius 3 is 2.58 bits per heavy atom. The molecular weight excluding hydrogens is 414 g/mol. The van der Waals surface area contributed by atoms with Crippen LogP contribution in [0.3, 0.4) is 0 Å². The van der Waals surface area contributed by atoms with Gasteiger partial charge in [0.25, 0.3) is 5.91 Å². The molecule has 2 aromatic heterocycles. The molecule has 0 aliphatic carbocycles. The summed E-state index contributed by atoms with van der Waals surface area (Å²) in [4.78, 5) is 28.5. The maximum atomic E-state index is 13.1. The van der Waals surface area contributed by atoms with E-state index in [0.717, 1.165) is 35.6 Å². The zero-order valence-corrected chi connectivity index (χ0v) is 17.5. The van der Waals surface area contributed by atoms with Crippen LogP contribution in [0.25, 0.3) is 5.69 Å². The van der Waals surface area contributed by atoms with Crippen LogP contribution < -0.4 is 16.2 Å². The molecule has 3 heterocycles. The van der Waals surface area contributed by atoms with Gasteiger partial charge in [-0.25, -0.2) is 9.78 Å². The number of hydrogen-bond acceptors (Lipinski definition) is 6. The number of ether oxygens (including phenoxy) is 1. The number of carbonyl (C=O) groups is 1. The maximum Gasteiger partial charge on any atom is 0.351 e. The van der Waals surface area contributed by atoms with Crippen molar-refractivity contribution in [1.29, 1.82) is 0 Å². The van der Waals surface area contributed by atoms with Crippen molar-refractivity contribution in [3.63, 3.8) is 0 Å². The average Bonchev–Trinajstić information content (AvgIpc) is 3.45. The molecule has 156 valence electrons. The molecule has 0 spiro atoms. The second-order valence-corrected chi connectivity index (χ2v) is 8.26. The molecule has 1 aliphatic heterocycles. The molecule has 9 heteroatoms. The maximum absolute atomic E-state index is 13.1. The first-order valence-corrected chi connectivity index (χ1v) is 10.6. The van der Waals surface area contributed by atoms with Crippen LogP contribution in [0, 0.1) is 6.92 Å². The van der Waals surface area contributed by atoms with Crippen molar-refractivity contribution in [3.8, 4) is 16.5 Å².